The van der Waals surface area contributed by atoms with Crippen LogP contribution in [-0.2, 0) is 0 Å². The molecule has 0 radical (unpaired) electrons. The number of benzene rings is 2. The van der Waals surface area contributed by atoms with Gasteiger partial charge in [-0.2, -0.15) is 0 Å². The largest absolute Gasteiger partial charge is 0.389 e. The van der Waals surface area contributed by atoms with Gasteiger partial charge in [-0.15, -0.1) is 0 Å². The quantitative estimate of drug-likeness (QED) is 0.789. The molecule has 0 bridgehead atoms. The highest BCUT2D eigenvalue weighted by atomic mass is 79.9. The van der Waals surface area contributed by atoms with E-state index in [9.17, 15) is 9.90 Å². The Balaban J connectivity index is 2.01. The first-order valence-electron chi connectivity index (χ1n) is 6.16. The van der Waals surface area contributed by atoms with Crippen molar-refractivity contribution in [3.8, 4) is 0 Å². The van der Waals surface area contributed by atoms with E-state index in [2.05, 4.69) is 26.6 Å². The summed E-state index contributed by atoms with van der Waals surface area (Å²) in [5.41, 5.74) is 2.10. The zero-order valence-corrected chi connectivity index (χ0v) is 12.5. The number of aliphatic hydroxyl groups is 1. The Labute approximate surface area is 126 Å². The van der Waals surface area contributed by atoms with Gasteiger partial charge in [0.2, 0.25) is 0 Å². The fourth-order valence-electron chi connectivity index (χ4n) is 1.70. The molecular weight excluding hydrogens is 320 g/mol. The molecule has 0 saturated carbocycles. The maximum absolute atomic E-state index is 11.9. The second-order valence-electron chi connectivity index (χ2n) is 4.39. The van der Waals surface area contributed by atoms with Crippen molar-refractivity contribution in [1.29, 1.82) is 0 Å². The molecule has 1 atom stereocenters. The fraction of sp³-hybridized carbons (Fsp3) is 0.133. The highest BCUT2D eigenvalue weighted by Crippen LogP contribution is 2.18. The van der Waals surface area contributed by atoms with E-state index in [1.54, 1.807) is 37.3 Å². The second kappa shape index (κ2) is 6.54. The van der Waals surface area contributed by atoms with Gasteiger partial charge in [-0.05, 0) is 48.9 Å². The molecule has 0 aromatic heterocycles. The Kier molecular flexibility index (Phi) is 4.76. The minimum Gasteiger partial charge on any atom is -0.389 e. The Morgan fingerprint density at radius 2 is 1.75 bits per heavy atom. The van der Waals surface area contributed by atoms with E-state index in [0.29, 0.717) is 11.4 Å². The molecule has 0 aliphatic rings. The highest BCUT2D eigenvalue weighted by Gasteiger charge is 2.05. The summed E-state index contributed by atoms with van der Waals surface area (Å²) in [7, 11) is 0. The molecule has 0 aliphatic heterocycles. The third kappa shape index (κ3) is 4.08. The zero-order chi connectivity index (χ0) is 14.5. The van der Waals surface area contributed by atoms with Gasteiger partial charge in [-0.3, -0.25) is 0 Å². The summed E-state index contributed by atoms with van der Waals surface area (Å²) >= 11 is 3.33. The second-order valence-corrected chi connectivity index (χ2v) is 5.30. The summed E-state index contributed by atoms with van der Waals surface area (Å²) in [6.07, 6.45) is -0.564. The van der Waals surface area contributed by atoms with Crippen LogP contribution in [0.5, 0.6) is 0 Å². The number of hydrogen-bond acceptors (Lipinski definition) is 2. The van der Waals surface area contributed by atoms with Crippen LogP contribution in [-0.4, -0.2) is 11.1 Å². The van der Waals surface area contributed by atoms with E-state index in [1.807, 2.05) is 18.2 Å². The smallest absolute Gasteiger partial charge is 0.323 e. The highest BCUT2D eigenvalue weighted by molar-refractivity contribution is 9.10. The Bertz CT molecular complexity index is 597. The number of carbonyl (C=O) groups is 1. The Morgan fingerprint density at radius 3 is 2.40 bits per heavy atom. The van der Waals surface area contributed by atoms with Crippen LogP contribution in [0.2, 0.25) is 0 Å². The molecule has 0 spiro atoms. The van der Waals surface area contributed by atoms with Crippen molar-refractivity contribution in [3.05, 3.63) is 58.6 Å². The molecule has 2 aromatic carbocycles. The summed E-state index contributed by atoms with van der Waals surface area (Å²) < 4.78 is 0.952. The van der Waals surface area contributed by atoms with E-state index in [-0.39, 0.29) is 6.03 Å². The lowest BCUT2D eigenvalue weighted by Crippen LogP contribution is -2.19. The number of amides is 2. The van der Waals surface area contributed by atoms with Crippen molar-refractivity contribution >= 4 is 33.3 Å². The average Bonchev–Trinajstić information content (AvgIpc) is 2.41. The molecule has 4 nitrogen and oxygen atoms in total. The normalized spacial score (nSPS) is 11.8. The van der Waals surface area contributed by atoms with Crippen molar-refractivity contribution in [3.63, 3.8) is 0 Å². The maximum atomic E-state index is 11.9. The zero-order valence-electron chi connectivity index (χ0n) is 10.9. The van der Waals surface area contributed by atoms with Crippen LogP contribution in [0.3, 0.4) is 0 Å². The number of anilines is 2. The monoisotopic (exact) mass is 334 g/mol. The van der Waals surface area contributed by atoms with Gasteiger partial charge in [0.1, 0.15) is 0 Å². The van der Waals surface area contributed by atoms with Crippen molar-refractivity contribution in [2.24, 2.45) is 0 Å². The molecule has 0 heterocycles. The predicted octanol–water partition coefficient (Wildman–Crippen LogP) is 4.15. The number of halogens is 1. The predicted molar refractivity (Wildman–Crippen MR) is 83.9 cm³/mol. The van der Waals surface area contributed by atoms with Crippen molar-refractivity contribution in [2.45, 2.75) is 13.0 Å². The van der Waals surface area contributed by atoms with Gasteiger partial charge in [0, 0.05) is 15.8 Å². The Hall–Kier alpha value is -1.85. The fourth-order valence-corrected chi connectivity index (χ4v) is 1.97. The molecule has 1 unspecified atom stereocenters. The molecule has 0 saturated heterocycles. The topological polar surface area (TPSA) is 61.4 Å². The number of nitrogens with one attached hydrogen (secondary N) is 2. The number of rotatable bonds is 3. The molecule has 2 rings (SSSR count). The molecular formula is C15H15BrN2O2. The van der Waals surface area contributed by atoms with Crippen molar-refractivity contribution in [1.82, 2.24) is 0 Å². The lowest BCUT2D eigenvalue weighted by Gasteiger charge is -2.10. The van der Waals surface area contributed by atoms with Gasteiger partial charge in [0.15, 0.2) is 0 Å². The third-order valence-electron chi connectivity index (χ3n) is 2.73. The Morgan fingerprint density at radius 1 is 1.10 bits per heavy atom. The van der Waals surface area contributed by atoms with Gasteiger partial charge in [-0.25, -0.2) is 4.79 Å². The number of aliphatic hydroxyl groups excluding tert-OH is 1. The summed E-state index contributed by atoms with van der Waals surface area (Å²) in [5, 5.41) is 15.0. The number of carbonyl (C=O) groups excluding carboxylic acids is 1. The molecule has 104 valence electrons. The first-order valence-corrected chi connectivity index (χ1v) is 6.95. The van der Waals surface area contributed by atoms with E-state index in [0.717, 1.165) is 10.0 Å². The third-order valence-corrected chi connectivity index (χ3v) is 3.26. The average molecular weight is 335 g/mol. The first kappa shape index (κ1) is 14.6. The molecule has 5 heteroatoms. The molecule has 3 N–H and O–H groups in total. The van der Waals surface area contributed by atoms with Crippen molar-refractivity contribution in [2.75, 3.05) is 10.6 Å². The van der Waals surface area contributed by atoms with Crippen LogP contribution >= 0.6 is 15.9 Å². The molecule has 2 amide bonds. The van der Waals surface area contributed by atoms with Crippen molar-refractivity contribution < 1.29 is 9.90 Å². The minimum absolute atomic E-state index is 0.324. The van der Waals surface area contributed by atoms with Crippen LogP contribution in [0.4, 0.5) is 16.2 Å². The van der Waals surface area contributed by atoms with Crippen LogP contribution in [0.15, 0.2) is 53.0 Å². The SMILES string of the molecule is CC(O)c1cccc(NC(=O)Nc2ccc(Br)cc2)c1. The lowest BCUT2D eigenvalue weighted by molar-refractivity contribution is 0.199. The van der Waals surface area contributed by atoms with Gasteiger partial charge in [0.05, 0.1) is 6.10 Å². The molecule has 2 aromatic rings. The summed E-state index contributed by atoms with van der Waals surface area (Å²) in [6.45, 7) is 1.68. The van der Waals surface area contributed by atoms with Gasteiger partial charge >= 0.3 is 6.03 Å². The molecule has 0 aliphatic carbocycles. The standard InChI is InChI=1S/C15H15BrN2O2/c1-10(19)11-3-2-4-14(9-11)18-15(20)17-13-7-5-12(16)6-8-13/h2-10,19H,1H3,(H2,17,18,20). The van der Waals surface area contributed by atoms with Gasteiger partial charge in [0.25, 0.3) is 0 Å². The van der Waals surface area contributed by atoms with Gasteiger partial charge < -0.3 is 15.7 Å². The van der Waals surface area contributed by atoms with E-state index in [4.69, 9.17) is 0 Å². The maximum Gasteiger partial charge on any atom is 0.323 e. The van der Waals surface area contributed by atoms with Crippen LogP contribution < -0.4 is 10.6 Å². The summed E-state index contributed by atoms with van der Waals surface area (Å²) in [6, 6.07) is 14.1. The minimum atomic E-state index is -0.564. The summed E-state index contributed by atoms with van der Waals surface area (Å²) in [5.74, 6) is 0. The summed E-state index contributed by atoms with van der Waals surface area (Å²) in [4.78, 5) is 11.9. The van der Waals surface area contributed by atoms with E-state index < -0.39 is 6.10 Å². The molecule has 20 heavy (non-hydrogen) atoms. The number of urea groups is 1. The molecule has 0 fully saturated rings. The lowest BCUT2D eigenvalue weighted by atomic mass is 10.1. The first-order chi connectivity index (χ1) is 9.54. The van der Waals surface area contributed by atoms with Crippen LogP contribution in [0.1, 0.15) is 18.6 Å². The van der Waals surface area contributed by atoms with E-state index >= 15 is 0 Å². The number of hydrogen-bond donors (Lipinski definition) is 3. The van der Waals surface area contributed by atoms with E-state index in [1.165, 1.54) is 0 Å². The van der Waals surface area contributed by atoms with Crippen LogP contribution in [0.25, 0.3) is 0 Å². The van der Waals surface area contributed by atoms with Gasteiger partial charge in [-0.1, -0.05) is 28.1 Å². The van der Waals surface area contributed by atoms with Crippen LogP contribution in [0, 0.1) is 0 Å².